The van der Waals surface area contributed by atoms with Crippen LogP contribution in [0.4, 0.5) is 15.8 Å². The zero-order chi connectivity index (χ0) is 12.5. The van der Waals surface area contributed by atoms with E-state index in [2.05, 4.69) is 29.6 Å². The maximum Gasteiger partial charge on any atom is 0.125 e. The van der Waals surface area contributed by atoms with Crippen LogP contribution >= 0.6 is 0 Å². The van der Waals surface area contributed by atoms with E-state index in [0.717, 1.165) is 13.0 Å². The number of halogens is 1. The Hall–Kier alpha value is -2.03. The van der Waals surface area contributed by atoms with Gasteiger partial charge in [-0.15, -0.1) is 0 Å². The summed E-state index contributed by atoms with van der Waals surface area (Å²) in [5, 5.41) is 3.23. The molecular formula is C15H15FN2. The van der Waals surface area contributed by atoms with Crippen LogP contribution in [-0.2, 0) is 6.42 Å². The molecule has 0 fully saturated rings. The van der Waals surface area contributed by atoms with Gasteiger partial charge in [0.1, 0.15) is 5.82 Å². The summed E-state index contributed by atoms with van der Waals surface area (Å²) in [5.41, 5.74) is 9.87. The Balaban J connectivity index is 1.68. The summed E-state index contributed by atoms with van der Waals surface area (Å²) in [4.78, 5) is 0. The van der Waals surface area contributed by atoms with E-state index in [-0.39, 0.29) is 5.82 Å². The molecule has 2 aromatic carbocycles. The minimum absolute atomic E-state index is 0.263. The fraction of sp³-hybridized carbons (Fsp3) is 0.200. The van der Waals surface area contributed by atoms with Crippen LogP contribution in [0.5, 0.6) is 0 Å². The van der Waals surface area contributed by atoms with Crippen LogP contribution in [0.2, 0.25) is 0 Å². The molecule has 0 heterocycles. The number of nitrogens with two attached hydrogens (primary N) is 1. The quantitative estimate of drug-likeness (QED) is 0.811. The molecule has 3 N–H and O–H groups in total. The first-order valence-corrected chi connectivity index (χ1v) is 6.11. The first-order valence-electron chi connectivity index (χ1n) is 6.11. The number of rotatable bonds is 3. The van der Waals surface area contributed by atoms with Crippen molar-refractivity contribution in [3.05, 3.63) is 59.4 Å². The molecule has 18 heavy (non-hydrogen) atoms. The molecule has 0 amide bonds. The monoisotopic (exact) mass is 242 g/mol. The predicted molar refractivity (Wildman–Crippen MR) is 72.2 cm³/mol. The first kappa shape index (κ1) is 11.1. The molecule has 1 aliphatic rings. The average Bonchev–Trinajstić information content (AvgIpc) is 2.34. The van der Waals surface area contributed by atoms with Crippen molar-refractivity contribution in [3.63, 3.8) is 0 Å². The van der Waals surface area contributed by atoms with Crippen LogP contribution in [0, 0.1) is 5.82 Å². The number of anilines is 2. The molecule has 0 saturated carbocycles. The molecule has 0 bridgehead atoms. The number of hydrogen-bond acceptors (Lipinski definition) is 2. The zero-order valence-corrected chi connectivity index (χ0v) is 9.99. The Morgan fingerprint density at radius 1 is 1.22 bits per heavy atom. The van der Waals surface area contributed by atoms with Crippen LogP contribution in [0.25, 0.3) is 0 Å². The van der Waals surface area contributed by atoms with Crippen LogP contribution in [0.15, 0.2) is 42.5 Å². The second-order valence-electron chi connectivity index (χ2n) is 4.71. The van der Waals surface area contributed by atoms with Crippen molar-refractivity contribution < 1.29 is 4.39 Å². The van der Waals surface area contributed by atoms with E-state index in [1.807, 2.05) is 0 Å². The van der Waals surface area contributed by atoms with E-state index in [9.17, 15) is 4.39 Å². The molecule has 1 atom stereocenters. The number of nitrogen functional groups attached to an aromatic ring is 1. The summed E-state index contributed by atoms with van der Waals surface area (Å²) < 4.78 is 13.1. The number of nitrogens with one attached hydrogen (secondary N) is 1. The second kappa shape index (κ2) is 4.33. The van der Waals surface area contributed by atoms with Crippen molar-refractivity contribution in [2.45, 2.75) is 12.3 Å². The molecule has 92 valence electrons. The summed E-state index contributed by atoms with van der Waals surface area (Å²) in [6.45, 7) is 0.796. The van der Waals surface area contributed by atoms with E-state index in [4.69, 9.17) is 5.73 Å². The third kappa shape index (κ3) is 1.92. The van der Waals surface area contributed by atoms with E-state index in [1.165, 1.54) is 23.3 Å². The van der Waals surface area contributed by atoms with Gasteiger partial charge in [-0.25, -0.2) is 4.39 Å². The Kier molecular flexibility index (Phi) is 2.67. The standard InChI is InChI=1S/C15H15FN2/c16-12-5-6-14(17)15(8-12)18-9-11-7-10-3-1-2-4-13(10)11/h1-6,8,11,18H,7,9,17H2. The Bertz CT molecular complexity index is 580. The van der Waals surface area contributed by atoms with Gasteiger partial charge in [0.25, 0.3) is 0 Å². The van der Waals surface area contributed by atoms with Gasteiger partial charge in [-0.1, -0.05) is 24.3 Å². The van der Waals surface area contributed by atoms with Gasteiger partial charge in [0.15, 0.2) is 0 Å². The third-order valence-electron chi connectivity index (χ3n) is 3.52. The van der Waals surface area contributed by atoms with Crippen LogP contribution in [-0.4, -0.2) is 6.54 Å². The Labute approximate surface area is 106 Å². The highest BCUT2D eigenvalue weighted by molar-refractivity contribution is 5.66. The molecule has 1 aliphatic carbocycles. The van der Waals surface area contributed by atoms with Crippen molar-refractivity contribution in [1.29, 1.82) is 0 Å². The van der Waals surface area contributed by atoms with E-state index in [1.54, 1.807) is 6.07 Å². The van der Waals surface area contributed by atoms with Crippen molar-refractivity contribution in [2.24, 2.45) is 0 Å². The molecule has 0 aliphatic heterocycles. The van der Waals surface area contributed by atoms with E-state index >= 15 is 0 Å². The molecule has 3 rings (SSSR count). The van der Waals surface area contributed by atoms with Gasteiger partial charge in [0, 0.05) is 12.5 Å². The minimum Gasteiger partial charge on any atom is -0.397 e. The second-order valence-corrected chi connectivity index (χ2v) is 4.71. The van der Waals surface area contributed by atoms with Crippen molar-refractivity contribution in [2.75, 3.05) is 17.6 Å². The molecule has 0 saturated heterocycles. The van der Waals surface area contributed by atoms with Crippen LogP contribution in [0.1, 0.15) is 17.0 Å². The summed E-state index contributed by atoms with van der Waals surface area (Å²) in [6.07, 6.45) is 1.08. The Morgan fingerprint density at radius 2 is 2.06 bits per heavy atom. The maximum absolute atomic E-state index is 13.1. The topological polar surface area (TPSA) is 38.0 Å². The summed E-state index contributed by atoms with van der Waals surface area (Å²) >= 11 is 0. The average molecular weight is 242 g/mol. The molecule has 1 unspecified atom stereocenters. The summed E-state index contributed by atoms with van der Waals surface area (Å²) in [5.74, 6) is 0.240. The van der Waals surface area contributed by atoms with Crippen molar-refractivity contribution in [1.82, 2.24) is 0 Å². The molecular weight excluding hydrogens is 227 g/mol. The largest absolute Gasteiger partial charge is 0.397 e. The lowest BCUT2D eigenvalue weighted by Gasteiger charge is -2.30. The lowest BCUT2D eigenvalue weighted by Crippen LogP contribution is -2.24. The molecule has 0 spiro atoms. The maximum atomic E-state index is 13.1. The van der Waals surface area contributed by atoms with Crippen molar-refractivity contribution >= 4 is 11.4 Å². The molecule has 0 radical (unpaired) electrons. The lowest BCUT2D eigenvalue weighted by atomic mass is 9.77. The Morgan fingerprint density at radius 3 is 2.89 bits per heavy atom. The minimum atomic E-state index is -0.263. The fourth-order valence-electron chi connectivity index (χ4n) is 2.46. The van der Waals surface area contributed by atoms with Gasteiger partial charge in [-0.2, -0.15) is 0 Å². The zero-order valence-electron chi connectivity index (χ0n) is 9.99. The fourth-order valence-corrected chi connectivity index (χ4v) is 2.46. The highest BCUT2D eigenvalue weighted by atomic mass is 19.1. The molecule has 0 aromatic heterocycles. The lowest BCUT2D eigenvalue weighted by molar-refractivity contribution is 0.624. The van der Waals surface area contributed by atoms with Crippen molar-refractivity contribution in [3.8, 4) is 0 Å². The predicted octanol–water partition coefficient (Wildman–Crippen LogP) is 3.16. The van der Waals surface area contributed by atoms with Gasteiger partial charge < -0.3 is 11.1 Å². The molecule has 3 heteroatoms. The van der Waals surface area contributed by atoms with Gasteiger partial charge in [-0.05, 0) is 35.7 Å². The number of benzene rings is 2. The van der Waals surface area contributed by atoms with Gasteiger partial charge in [0.05, 0.1) is 11.4 Å². The summed E-state index contributed by atoms with van der Waals surface area (Å²) in [6, 6.07) is 12.8. The van der Waals surface area contributed by atoms with Gasteiger partial charge in [-0.3, -0.25) is 0 Å². The highest BCUT2D eigenvalue weighted by Gasteiger charge is 2.24. The smallest absolute Gasteiger partial charge is 0.125 e. The highest BCUT2D eigenvalue weighted by Crippen LogP contribution is 2.35. The molecule has 2 nitrogen and oxygen atoms in total. The van der Waals surface area contributed by atoms with E-state index < -0.39 is 0 Å². The normalized spacial score (nSPS) is 16.8. The number of hydrogen-bond donors (Lipinski definition) is 2. The molecule has 2 aromatic rings. The first-order chi connectivity index (χ1) is 8.74. The SMILES string of the molecule is Nc1ccc(F)cc1NCC1Cc2ccccc21. The van der Waals surface area contributed by atoms with Crippen LogP contribution in [0.3, 0.4) is 0 Å². The van der Waals surface area contributed by atoms with E-state index in [0.29, 0.717) is 17.3 Å². The number of fused-ring (bicyclic) bond motifs is 1. The van der Waals surface area contributed by atoms with Gasteiger partial charge >= 0.3 is 0 Å². The third-order valence-corrected chi connectivity index (χ3v) is 3.52. The van der Waals surface area contributed by atoms with Gasteiger partial charge in [0.2, 0.25) is 0 Å². The van der Waals surface area contributed by atoms with Crippen LogP contribution < -0.4 is 11.1 Å². The summed E-state index contributed by atoms with van der Waals surface area (Å²) in [7, 11) is 0.